The molecule has 1 aliphatic rings. The molecular weight excluding hydrogens is 411 g/mol. The van der Waals surface area contributed by atoms with Gasteiger partial charge in [-0.25, -0.2) is 14.0 Å². The lowest BCUT2D eigenvalue weighted by Gasteiger charge is -2.21. The van der Waals surface area contributed by atoms with Crippen LogP contribution >= 0.6 is 11.8 Å². The average Bonchev–Trinajstić information content (AvgIpc) is 3.05. The van der Waals surface area contributed by atoms with Gasteiger partial charge in [-0.2, -0.15) is 0 Å². The normalized spacial score (nSPS) is 23.2. The standard InChI is InChI=1S/C22H23FO6S/c1-13-19(23)20(29-22(27)17-8-4-15(11-25)5-9-17)18(30-13)12-28-21(26)16-6-2-14(10-24)3-7-16/h2-9,13,18-20,24-25H,10-12H2,1H3/t13-,18-,19-,20-/m1/s1. The Kier molecular flexibility index (Phi) is 7.47. The van der Waals surface area contributed by atoms with Crippen LogP contribution in [0.25, 0.3) is 0 Å². The molecule has 1 fully saturated rings. The van der Waals surface area contributed by atoms with E-state index in [9.17, 15) is 14.0 Å². The van der Waals surface area contributed by atoms with Crippen LogP contribution in [0, 0.1) is 0 Å². The lowest BCUT2D eigenvalue weighted by Crippen LogP contribution is -2.36. The number of hydrogen-bond acceptors (Lipinski definition) is 7. The fourth-order valence-corrected chi connectivity index (χ4v) is 4.46. The molecule has 1 aliphatic heterocycles. The van der Waals surface area contributed by atoms with Crippen molar-refractivity contribution in [3.63, 3.8) is 0 Å². The Balaban J connectivity index is 1.62. The highest BCUT2D eigenvalue weighted by molar-refractivity contribution is 8.00. The fraction of sp³-hybridized carbons (Fsp3) is 0.364. The third kappa shape index (κ3) is 5.19. The number of halogens is 1. The summed E-state index contributed by atoms with van der Waals surface area (Å²) in [6.07, 6.45) is -2.43. The molecule has 0 aliphatic carbocycles. The van der Waals surface area contributed by atoms with Gasteiger partial charge in [0.15, 0.2) is 0 Å². The largest absolute Gasteiger partial charge is 0.461 e. The zero-order valence-electron chi connectivity index (χ0n) is 16.4. The number of aliphatic hydroxyl groups excluding tert-OH is 2. The Morgan fingerprint density at radius 3 is 1.93 bits per heavy atom. The van der Waals surface area contributed by atoms with E-state index in [-0.39, 0.29) is 25.4 Å². The predicted molar refractivity (Wildman–Crippen MR) is 110 cm³/mol. The van der Waals surface area contributed by atoms with E-state index in [1.807, 2.05) is 0 Å². The molecule has 30 heavy (non-hydrogen) atoms. The predicted octanol–water partition coefficient (Wildman–Crippen LogP) is 2.90. The molecule has 2 aromatic rings. The van der Waals surface area contributed by atoms with Crippen LogP contribution in [0.15, 0.2) is 48.5 Å². The summed E-state index contributed by atoms with van der Waals surface area (Å²) in [7, 11) is 0. The molecule has 0 saturated carbocycles. The molecule has 2 aromatic carbocycles. The average molecular weight is 434 g/mol. The Labute approximate surface area is 178 Å². The molecule has 6 nitrogen and oxygen atoms in total. The first-order chi connectivity index (χ1) is 14.4. The lowest BCUT2D eigenvalue weighted by molar-refractivity contribution is 0.00208. The SMILES string of the molecule is C[C@H]1S[C@H](COC(=O)c2ccc(CO)cc2)[C@@H](OC(=O)c2ccc(CO)cc2)[C@@H]1F. The van der Waals surface area contributed by atoms with Crippen LogP contribution in [0.3, 0.4) is 0 Å². The minimum absolute atomic E-state index is 0.0998. The van der Waals surface area contributed by atoms with E-state index in [4.69, 9.17) is 19.7 Å². The number of carbonyl (C=O) groups is 2. The molecule has 1 heterocycles. The van der Waals surface area contributed by atoms with E-state index < -0.39 is 34.7 Å². The highest BCUT2D eigenvalue weighted by Gasteiger charge is 2.45. The van der Waals surface area contributed by atoms with Crippen molar-refractivity contribution in [2.45, 2.75) is 42.9 Å². The number of aliphatic hydroxyl groups is 2. The van der Waals surface area contributed by atoms with E-state index >= 15 is 0 Å². The van der Waals surface area contributed by atoms with Gasteiger partial charge in [-0.15, -0.1) is 11.8 Å². The van der Waals surface area contributed by atoms with Crippen LogP contribution in [0.1, 0.15) is 38.8 Å². The first kappa shape index (κ1) is 22.3. The highest BCUT2D eigenvalue weighted by Crippen LogP contribution is 2.38. The molecule has 0 unspecified atom stereocenters. The van der Waals surface area contributed by atoms with E-state index in [0.29, 0.717) is 16.7 Å². The second-order valence-electron chi connectivity index (χ2n) is 7.00. The van der Waals surface area contributed by atoms with Gasteiger partial charge in [-0.05, 0) is 35.4 Å². The number of alkyl halides is 1. The zero-order valence-corrected chi connectivity index (χ0v) is 17.2. The van der Waals surface area contributed by atoms with Crippen molar-refractivity contribution in [1.29, 1.82) is 0 Å². The minimum atomic E-state index is -1.39. The maximum Gasteiger partial charge on any atom is 0.338 e. The van der Waals surface area contributed by atoms with Gasteiger partial charge in [-0.3, -0.25) is 0 Å². The Hall–Kier alpha value is -2.42. The number of esters is 2. The molecule has 0 aromatic heterocycles. The Morgan fingerprint density at radius 1 is 0.933 bits per heavy atom. The molecular formula is C22H23FO6S. The van der Waals surface area contributed by atoms with Gasteiger partial charge in [-0.1, -0.05) is 31.2 Å². The summed E-state index contributed by atoms with van der Waals surface area (Å²) in [6.45, 7) is 1.33. The quantitative estimate of drug-likeness (QED) is 0.647. The monoisotopic (exact) mass is 434 g/mol. The second kappa shape index (κ2) is 10.1. The minimum Gasteiger partial charge on any atom is -0.461 e. The van der Waals surface area contributed by atoms with Gasteiger partial charge in [0.25, 0.3) is 0 Å². The van der Waals surface area contributed by atoms with Crippen molar-refractivity contribution in [2.75, 3.05) is 6.61 Å². The van der Waals surface area contributed by atoms with Crippen LogP contribution in [0.5, 0.6) is 0 Å². The van der Waals surface area contributed by atoms with Gasteiger partial charge in [0.2, 0.25) is 0 Å². The van der Waals surface area contributed by atoms with Crippen LogP contribution in [-0.4, -0.2) is 51.5 Å². The third-order valence-electron chi connectivity index (χ3n) is 4.88. The van der Waals surface area contributed by atoms with Crippen LogP contribution in [0.4, 0.5) is 4.39 Å². The molecule has 3 rings (SSSR count). The number of hydrogen-bond donors (Lipinski definition) is 2. The maximum absolute atomic E-state index is 14.7. The van der Waals surface area contributed by atoms with Crippen molar-refractivity contribution in [3.8, 4) is 0 Å². The smallest absolute Gasteiger partial charge is 0.338 e. The second-order valence-corrected chi connectivity index (χ2v) is 8.62. The van der Waals surface area contributed by atoms with E-state index in [1.54, 1.807) is 43.3 Å². The lowest BCUT2D eigenvalue weighted by atomic mass is 10.1. The van der Waals surface area contributed by atoms with Crippen molar-refractivity contribution in [1.82, 2.24) is 0 Å². The summed E-state index contributed by atoms with van der Waals surface area (Å²) >= 11 is 1.27. The molecule has 8 heteroatoms. The molecule has 4 atom stereocenters. The van der Waals surface area contributed by atoms with Gasteiger partial charge in [0, 0.05) is 5.25 Å². The number of rotatable bonds is 7. The maximum atomic E-state index is 14.7. The number of carbonyl (C=O) groups excluding carboxylic acids is 2. The van der Waals surface area contributed by atoms with E-state index in [1.165, 1.54) is 23.9 Å². The highest BCUT2D eigenvalue weighted by atomic mass is 32.2. The fourth-order valence-electron chi connectivity index (χ4n) is 3.10. The summed E-state index contributed by atoms with van der Waals surface area (Å²) in [5, 5.41) is 17.2. The number of benzene rings is 2. The topological polar surface area (TPSA) is 93.1 Å². The van der Waals surface area contributed by atoms with Gasteiger partial charge in [0.05, 0.1) is 29.6 Å². The summed E-state index contributed by atoms with van der Waals surface area (Å²) in [6, 6.07) is 12.5. The number of ether oxygens (including phenoxy) is 2. The van der Waals surface area contributed by atoms with Crippen LogP contribution < -0.4 is 0 Å². The summed E-state index contributed by atoms with van der Waals surface area (Å²) in [5.74, 6) is -1.24. The van der Waals surface area contributed by atoms with Crippen molar-refractivity contribution in [2.24, 2.45) is 0 Å². The van der Waals surface area contributed by atoms with Gasteiger partial charge in [0.1, 0.15) is 18.9 Å². The van der Waals surface area contributed by atoms with Gasteiger partial charge < -0.3 is 19.7 Å². The summed E-state index contributed by atoms with van der Waals surface area (Å²) < 4.78 is 25.4. The molecule has 160 valence electrons. The number of thioether (sulfide) groups is 1. The Bertz CT molecular complexity index is 870. The van der Waals surface area contributed by atoms with Crippen molar-refractivity contribution in [3.05, 3.63) is 70.8 Å². The summed E-state index contributed by atoms with van der Waals surface area (Å²) in [4.78, 5) is 24.7. The van der Waals surface area contributed by atoms with Crippen LogP contribution in [0.2, 0.25) is 0 Å². The molecule has 0 radical (unpaired) electrons. The zero-order chi connectivity index (χ0) is 21.7. The third-order valence-corrected chi connectivity index (χ3v) is 6.33. The molecule has 0 bridgehead atoms. The first-order valence-electron chi connectivity index (χ1n) is 9.50. The van der Waals surface area contributed by atoms with Crippen LogP contribution in [-0.2, 0) is 22.7 Å². The van der Waals surface area contributed by atoms with E-state index in [0.717, 1.165) is 0 Å². The van der Waals surface area contributed by atoms with Crippen molar-refractivity contribution >= 4 is 23.7 Å². The van der Waals surface area contributed by atoms with Gasteiger partial charge >= 0.3 is 11.9 Å². The molecule has 0 spiro atoms. The van der Waals surface area contributed by atoms with E-state index in [2.05, 4.69) is 0 Å². The molecule has 1 saturated heterocycles. The van der Waals surface area contributed by atoms with Crippen molar-refractivity contribution < 1.29 is 33.7 Å². The first-order valence-corrected chi connectivity index (χ1v) is 10.4. The molecule has 0 amide bonds. The molecule has 2 N–H and O–H groups in total. The summed E-state index contributed by atoms with van der Waals surface area (Å²) in [5.41, 5.74) is 1.89. The Morgan fingerprint density at radius 2 is 1.43 bits per heavy atom.